The number of thiazole rings is 1. The summed E-state index contributed by atoms with van der Waals surface area (Å²) in [4.78, 5) is 17.2. The molecule has 0 saturated carbocycles. The maximum Gasteiger partial charge on any atom is 0.263 e. The molecule has 2 heterocycles. The van der Waals surface area contributed by atoms with Gasteiger partial charge in [-0.1, -0.05) is 11.3 Å². The van der Waals surface area contributed by atoms with E-state index in [0.29, 0.717) is 17.2 Å². The molecule has 0 atom stereocenters. The van der Waals surface area contributed by atoms with Crippen LogP contribution >= 0.6 is 39.9 Å². The Morgan fingerprint density at radius 2 is 2.53 bits per heavy atom. The molecule has 0 saturated heterocycles. The number of fused-ring (bicyclic) bond motifs is 1. The standard InChI is InChI=1S/C8H8BrN3OS2/c9-6-3-11-8-12(6)4-5(15-8)7(13)10-1-2-14/h3-4,14H,1-2H2,(H,10,13). The fourth-order valence-electron chi connectivity index (χ4n) is 1.12. The van der Waals surface area contributed by atoms with Gasteiger partial charge in [-0.05, 0) is 15.9 Å². The molecule has 4 nitrogen and oxygen atoms in total. The Bertz CT molecular complexity index is 493. The van der Waals surface area contributed by atoms with E-state index >= 15 is 0 Å². The molecular formula is C8H8BrN3OS2. The lowest BCUT2D eigenvalue weighted by molar-refractivity contribution is 0.0960. The molecule has 0 aromatic carbocycles. The van der Waals surface area contributed by atoms with Gasteiger partial charge in [0.05, 0.1) is 6.20 Å². The molecule has 2 aromatic rings. The van der Waals surface area contributed by atoms with Gasteiger partial charge in [0.15, 0.2) is 4.96 Å². The van der Waals surface area contributed by atoms with Crippen LogP contribution in [-0.2, 0) is 0 Å². The largest absolute Gasteiger partial charge is 0.350 e. The van der Waals surface area contributed by atoms with Crippen molar-refractivity contribution in [3.63, 3.8) is 0 Å². The predicted octanol–water partition coefficient (Wildman–Crippen LogP) is 1.82. The smallest absolute Gasteiger partial charge is 0.263 e. The van der Waals surface area contributed by atoms with Crippen LogP contribution < -0.4 is 5.32 Å². The minimum Gasteiger partial charge on any atom is -0.350 e. The van der Waals surface area contributed by atoms with E-state index < -0.39 is 0 Å². The van der Waals surface area contributed by atoms with Crippen molar-refractivity contribution in [3.05, 3.63) is 21.9 Å². The minimum atomic E-state index is -0.0774. The van der Waals surface area contributed by atoms with Crippen molar-refractivity contribution in [1.29, 1.82) is 0 Å². The molecule has 0 aliphatic rings. The Morgan fingerprint density at radius 1 is 1.73 bits per heavy atom. The fraction of sp³-hybridized carbons (Fsp3) is 0.250. The van der Waals surface area contributed by atoms with Crippen LogP contribution in [0.1, 0.15) is 9.67 Å². The van der Waals surface area contributed by atoms with Gasteiger partial charge in [-0.2, -0.15) is 12.6 Å². The molecule has 2 rings (SSSR count). The fourth-order valence-corrected chi connectivity index (χ4v) is 2.60. The molecule has 15 heavy (non-hydrogen) atoms. The number of rotatable bonds is 3. The van der Waals surface area contributed by atoms with Crippen LogP contribution in [-0.4, -0.2) is 27.6 Å². The highest BCUT2D eigenvalue weighted by Gasteiger charge is 2.11. The number of hydrogen-bond acceptors (Lipinski definition) is 4. The van der Waals surface area contributed by atoms with E-state index in [1.165, 1.54) is 11.3 Å². The summed E-state index contributed by atoms with van der Waals surface area (Å²) in [7, 11) is 0. The molecule has 0 spiro atoms. The van der Waals surface area contributed by atoms with Crippen LogP contribution in [0.5, 0.6) is 0 Å². The number of halogens is 1. The summed E-state index contributed by atoms with van der Waals surface area (Å²) in [5.41, 5.74) is 0. The molecule has 80 valence electrons. The zero-order valence-corrected chi connectivity index (χ0v) is 10.9. The van der Waals surface area contributed by atoms with E-state index in [2.05, 4.69) is 38.9 Å². The molecule has 0 radical (unpaired) electrons. The van der Waals surface area contributed by atoms with Gasteiger partial charge in [-0.3, -0.25) is 9.20 Å². The SMILES string of the molecule is O=C(NCCS)c1cn2c(Br)cnc2s1. The van der Waals surface area contributed by atoms with Gasteiger partial charge in [-0.25, -0.2) is 4.98 Å². The molecule has 2 aromatic heterocycles. The van der Waals surface area contributed by atoms with Gasteiger partial charge < -0.3 is 5.32 Å². The zero-order chi connectivity index (χ0) is 10.8. The molecule has 0 bridgehead atoms. The number of amides is 1. The second kappa shape index (κ2) is 4.54. The lowest BCUT2D eigenvalue weighted by Gasteiger charge is -1.98. The monoisotopic (exact) mass is 305 g/mol. The van der Waals surface area contributed by atoms with E-state index in [-0.39, 0.29) is 5.91 Å². The van der Waals surface area contributed by atoms with Gasteiger partial charge in [0.1, 0.15) is 9.48 Å². The highest BCUT2D eigenvalue weighted by Crippen LogP contribution is 2.21. The van der Waals surface area contributed by atoms with Crippen LogP contribution in [0.15, 0.2) is 17.0 Å². The summed E-state index contributed by atoms with van der Waals surface area (Å²) in [6, 6.07) is 0. The second-order valence-electron chi connectivity index (χ2n) is 2.81. The number of nitrogens with one attached hydrogen (secondary N) is 1. The van der Waals surface area contributed by atoms with Crippen molar-refractivity contribution in [3.8, 4) is 0 Å². The molecule has 7 heteroatoms. The molecule has 0 aliphatic heterocycles. The predicted molar refractivity (Wildman–Crippen MR) is 67.0 cm³/mol. The quantitative estimate of drug-likeness (QED) is 0.850. The maximum atomic E-state index is 11.6. The van der Waals surface area contributed by atoms with Gasteiger partial charge in [0.2, 0.25) is 0 Å². The minimum absolute atomic E-state index is 0.0774. The van der Waals surface area contributed by atoms with Crippen LogP contribution in [0.4, 0.5) is 0 Å². The van der Waals surface area contributed by atoms with E-state index in [1.807, 2.05) is 4.40 Å². The maximum absolute atomic E-state index is 11.6. The zero-order valence-electron chi connectivity index (χ0n) is 7.61. The number of hydrogen-bond donors (Lipinski definition) is 2. The molecule has 0 fully saturated rings. The van der Waals surface area contributed by atoms with Crippen molar-refractivity contribution in [2.45, 2.75) is 0 Å². The summed E-state index contributed by atoms with van der Waals surface area (Å²) in [6.45, 7) is 0.573. The molecule has 0 unspecified atom stereocenters. The van der Waals surface area contributed by atoms with Crippen molar-refractivity contribution in [1.82, 2.24) is 14.7 Å². The molecule has 1 N–H and O–H groups in total. The number of carbonyl (C=O) groups excluding carboxylic acids is 1. The van der Waals surface area contributed by atoms with E-state index in [1.54, 1.807) is 12.4 Å². The number of aromatic nitrogens is 2. The highest BCUT2D eigenvalue weighted by molar-refractivity contribution is 9.10. The highest BCUT2D eigenvalue weighted by atomic mass is 79.9. The number of imidazole rings is 1. The summed E-state index contributed by atoms with van der Waals surface area (Å²) in [6.07, 6.45) is 3.48. The first-order valence-corrected chi connectivity index (χ1v) is 6.48. The average Bonchev–Trinajstić information content (AvgIpc) is 2.78. The van der Waals surface area contributed by atoms with Crippen molar-refractivity contribution in [2.24, 2.45) is 0 Å². The lowest BCUT2D eigenvalue weighted by Crippen LogP contribution is -2.24. The third-order valence-electron chi connectivity index (χ3n) is 1.79. The van der Waals surface area contributed by atoms with Gasteiger partial charge in [-0.15, -0.1) is 0 Å². The van der Waals surface area contributed by atoms with Crippen LogP contribution in [0.25, 0.3) is 4.96 Å². The average molecular weight is 306 g/mol. The Hall–Kier alpha value is -0.530. The Morgan fingerprint density at radius 3 is 3.20 bits per heavy atom. The van der Waals surface area contributed by atoms with E-state index in [9.17, 15) is 4.79 Å². The Labute approximate surface area is 104 Å². The van der Waals surface area contributed by atoms with E-state index in [4.69, 9.17) is 0 Å². The number of thiol groups is 1. The third-order valence-corrected chi connectivity index (χ3v) is 3.59. The van der Waals surface area contributed by atoms with Crippen molar-refractivity contribution in [2.75, 3.05) is 12.3 Å². The molecular weight excluding hydrogens is 298 g/mol. The summed E-state index contributed by atoms with van der Waals surface area (Å²) < 4.78 is 2.68. The topological polar surface area (TPSA) is 46.4 Å². The van der Waals surface area contributed by atoms with Crippen LogP contribution in [0.3, 0.4) is 0 Å². The third kappa shape index (κ3) is 2.19. The van der Waals surface area contributed by atoms with Gasteiger partial charge in [0.25, 0.3) is 5.91 Å². The summed E-state index contributed by atoms with van der Waals surface area (Å²) in [5.74, 6) is 0.559. The normalized spacial score (nSPS) is 10.8. The van der Waals surface area contributed by atoms with Crippen LogP contribution in [0.2, 0.25) is 0 Å². The molecule has 0 aliphatic carbocycles. The number of nitrogens with zero attached hydrogens (tertiary/aromatic N) is 2. The summed E-state index contributed by atoms with van der Waals surface area (Å²) in [5, 5.41) is 2.76. The summed E-state index contributed by atoms with van der Waals surface area (Å²) >= 11 is 8.73. The van der Waals surface area contributed by atoms with E-state index in [0.717, 1.165) is 9.56 Å². The first-order valence-electron chi connectivity index (χ1n) is 4.24. The lowest BCUT2D eigenvalue weighted by atomic mass is 10.5. The van der Waals surface area contributed by atoms with Gasteiger partial charge in [0, 0.05) is 18.5 Å². The van der Waals surface area contributed by atoms with Crippen molar-refractivity contribution < 1.29 is 4.79 Å². The Balaban J connectivity index is 2.24. The van der Waals surface area contributed by atoms with Crippen molar-refractivity contribution >= 4 is 50.8 Å². The first-order chi connectivity index (χ1) is 7.22. The number of carbonyl (C=O) groups is 1. The van der Waals surface area contributed by atoms with Crippen LogP contribution in [0, 0.1) is 0 Å². The molecule has 1 amide bonds. The first kappa shape index (κ1) is 11.0. The second-order valence-corrected chi connectivity index (χ2v) is 5.08. The Kier molecular flexibility index (Phi) is 3.32. The van der Waals surface area contributed by atoms with Gasteiger partial charge >= 0.3 is 0 Å².